The van der Waals surface area contributed by atoms with Crippen LogP contribution < -0.4 is 16.4 Å². The van der Waals surface area contributed by atoms with Gasteiger partial charge in [-0.05, 0) is 37.1 Å². The Bertz CT molecular complexity index is 523. The molecule has 7 nitrogen and oxygen atoms in total. The highest BCUT2D eigenvalue weighted by Gasteiger charge is 2.38. The maximum Gasteiger partial charge on any atom is 0.237 e. The molecule has 0 saturated heterocycles. The molecule has 7 heteroatoms. The molecule has 0 aliphatic heterocycles. The van der Waals surface area contributed by atoms with Crippen molar-refractivity contribution in [2.45, 2.75) is 98.4 Å². The van der Waals surface area contributed by atoms with Gasteiger partial charge >= 0.3 is 0 Å². The van der Waals surface area contributed by atoms with E-state index in [1.807, 2.05) is 41.5 Å². The fourth-order valence-electron chi connectivity index (χ4n) is 3.55. The lowest BCUT2D eigenvalue weighted by Gasteiger charge is -2.31. The van der Waals surface area contributed by atoms with Crippen molar-refractivity contribution in [1.82, 2.24) is 10.6 Å². The van der Waals surface area contributed by atoms with Crippen molar-refractivity contribution in [3.63, 3.8) is 0 Å². The molecule has 0 radical (unpaired) electrons. The van der Waals surface area contributed by atoms with Crippen LogP contribution >= 0.6 is 0 Å². The molecule has 0 rings (SSSR count). The zero-order valence-electron chi connectivity index (χ0n) is 20.0. The molecule has 1 amide bonds. The standard InChI is InChI=1S/C23H45N3O4/c1-8-9-10-11-25-20(16(6)7)23(30)26-19(15(4)5)22(29)17(13-27)21(28)18(24)12-14(2)3/h13-21,25,28H,8-12,24H2,1-7H3,(H,26,30). The Balaban J connectivity index is 5.32. The van der Waals surface area contributed by atoms with E-state index in [0.717, 1.165) is 25.8 Å². The summed E-state index contributed by atoms with van der Waals surface area (Å²) in [4.78, 5) is 37.7. The van der Waals surface area contributed by atoms with Gasteiger partial charge < -0.3 is 26.3 Å². The van der Waals surface area contributed by atoms with Crippen molar-refractivity contribution in [3.05, 3.63) is 0 Å². The summed E-state index contributed by atoms with van der Waals surface area (Å²) < 4.78 is 0. The van der Waals surface area contributed by atoms with E-state index in [0.29, 0.717) is 12.7 Å². The highest BCUT2D eigenvalue weighted by Crippen LogP contribution is 2.17. The van der Waals surface area contributed by atoms with Crippen LogP contribution in [0.2, 0.25) is 0 Å². The van der Waals surface area contributed by atoms with Gasteiger partial charge in [0.1, 0.15) is 12.2 Å². The molecule has 176 valence electrons. The highest BCUT2D eigenvalue weighted by molar-refractivity contribution is 6.00. The van der Waals surface area contributed by atoms with Crippen molar-refractivity contribution in [3.8, 4) is 0 Å². The molecule has 0 aromatic rings. The summed E-state index contributed by atoms with van der Waals surface area (Å²) in [6, 6.07) is -1.98. The molecule has 0 aliphatic rings. The monoisotopic (exact) mass is 427 g/mol. The minimum Gasteiger partial charge on any atom is -0.390 e. The predicted molar refractivity (Wildman–Crippen MR) is 121 cm³/mol. The quantitative estimate of drug-likeness (QED) is 0.170. The second-order valence-corrected chi connectivity index (χ2v) is 9.46. The van der Waals surface area contributed by atoms with Gasteiger partial charge in [0, 0.05) is 6.04 Å². The van der Waals surface area contributed by atoms with E-state index in [-0.39, 0.29) is 23.7 Å². The first-order chi connectivity index (χ1) is 14.0. The number of nitrogens with two attached hydrogens (primary N) is 1. The van der Waals surface area contributed by atoms with Crippen molar-refractivity contribution in [2.75, 3.05) is 6.54 Å². The first-order valence-electron chi connectivity index (χ1n) is 11.4. The largest absolute Gasteiger partial charge is 0.390 e. The number of carbonyl (C=O) groups excluding carboxylic acids is 3. The van der Waals surface area contributed by atoms with Gasteiger partial charge in [0.15, 0.2) is 5.78 Å². The molecule has 0 spiro atoms. The van der Waals surface area contributed by atoms with Gasteiger partial charge in [-0.3, -0.25) is 9.59 Å². The SMILES string of the molecule is CCCCCNC(C(=O)NC(C(=O)C(C=O)C(O)C(N)CC(C)C)C(C)C)C(C)C. The molecule has 0 fully saturated rings. The predicted octanol–water partition coefficient (Wildman–Crippen LogP) is 2.05. The third-order valence-electron chi connectivity index (χ3n) is 5.39. The van der Waals surface area contributed by atoms with Crippen molar-refractivity contribution in [1.29, 1.82) is 0 Å². The number of rotatable bonds is 16. The lowest BCUT2D eigenvalue weighted by atomic mass is 9.84. The maximum absolute atomic E-state index is 13.1. The number of aldehydes is 1. The zero-order chi connectivity index (χ0) is 23.4. The highest BCUT2D eigenvalue weighted by atomic mass is 16.3. The summed E-state index contributed by atoms with van der Waals surface area (Å²) in [7, 11) is 0. The van der Waals surface area contributed by atoms with E-state index in [1.54, 1.807) is 0 Å². The number of aliphatic hydroxyl groups is 1. The average Bonchev–Trinajstić information content (AvgIpc) is 2.64. The lowest BCUT2D eigenvalue weighted by molar-refractivity contribution is -0.138. The van der Waals surface area contributed by atoms with Crippen LogP contribution in [0.1, 0.15) is 74.1 Å². The van der Waals surface area contributed by atoms with Gasteiger partial charge in [-0.1, -0.05) is 61.3 Å². The van der Waals surface area contributed by atoms with Gasteiger partial charge in [-0.2, -0.15) is 0 Å². The minimum atomic E-state index is -1.27. The Hall–Kier alpha value is -1.31. The number of unbranched alkanes of at least 4 members (excludes halogenated alkanes) is 2. The van der Waals surface area contributed by atoms with Gasteiger partial charge in [-0.15, -0.1) is 0 Å². The van der Waals surface area contributed by atoms with Crippen molar-refractivity contribution in [2.24, 2.45) is 29.4 Å². The summed E-state index contributed by atoms with van der Waals surface area (Å²) in [5.41, 5.74) is 6.02. The van der Waals surface area contributed by atoms with Crippen LogP contribution in [0.3, 0.4) is 0 Å². The second kappa shape index (κ2) is 14.7. The Morgan fingerprint density at radius 3 is 2.00 bits per heavy atom. The van der Waals surface area contributed by atoms with Crippen molar-refractivity contribution < 1.29 is 19.5 Å². The third-order valence-corrected chi connectivity index (χ3v) is 5.39. The maximum atomic E-state index is 13.1. The average molecular weight is 428 g/mol. The summed E-state index contributed by atoms with van der Waals surface area (Å²) in [6.07, 6.45) is 2.84. The molecule has 0 bridgehead atoms. The Morgan fingerprint density at radius 1 is 1.00 bits per heavy atom. The summed E-state index contributed by atoms with van der Waals surface area (Å²) in [5, 5.41) is 16.6. The molecule has 0 saturated carbocycles. The zero-order valence-corrected chi connectivity index (χ0v) is 20.0. The number of Topliss-reactive ketones (excluding diaryl/α,β-unsaturated/α-hetero) is 1. The van der Waals surface area contributed by atoms with E-state index in [1.165, 1.54) is 0 Å². The molecule has 0 aromatic heterocycles. The number of hydrogen-bond acceptors (Lipinski definition) is 6. The second-order valence-electron chi connectivity index (χ2n) is 9.46. The topological polar surface area (TPSA) is 122 Å². The number of ketones is 1. The number of nitrogens with one attached hydrogen (secondary N) is 2. The molecule has 30 heavy (non-hydrogen) atoms. The Morgan fingerprint density at radius 2 is 1.57 bits per heavy atom. The normalized spacial score (nSPS) is 16.9. The molecule has 5 unspecified atom stereocenters. The van der Waals surface area contributed by atoms with Crippen LogP contribution in [0.25, 0.3) is 0 Å². The molecule has 0 heterocycles. The summed E-state index contributed by atoms with van der Waals surface area (Å²) in [5.74, 6) is -1.98. The molecule has 5 N–H and O–H groups in total. The van der Waals surface area contributed by atoms with Crippen LogP contribution in [0.4, 0.5) is 0 Å². The number of hydrogen-bond donors (Lipinski definition) is 4. The van der Waals surface area contributed by atoms with Crippen LogP contribution in [0, 0.1) is 23.7 Å². The van der Waals surface area contributed by atoms with E-state index >= 15 is 0 Å². The van der Waals surface area contributed by atoms with Gasteiger partial charge in [-0.25, -0.2) is 0 Å². The molecule has 0 aromatic carbocycles. The first kappa shape index (κ1) is 28.7. The first-order valence-corrected chi connectivity index (χ1v) is 11.4. The third kappa shape index (κ3) is 9.67. The fourth-order valence-corrected chi connectivity index (χ4v) is 3.55. The van der Waals surface area contributed by atoms with Gasteiger partial charge in [0.2, 0.25) is 5.91 Å². The van der Waals surface area contributed by atoms with Crippen LogP contribution in [-0.2, 0) is 14.4 Å². The van der Waals surface area contributed by atoms with E-state index < -0.39 is 35.9 Å². The molecular weight excluding hydrogens is 382 g/mol. The van der Waals surface area contributed by atoms with E-state index in [2.05, 4.69) is 17.6 Å². The number of aliphatic hydroxyl groups excluding tert-OH is 1. The fraction of sp³-hybridized carbons (Fsp3) is 0.870. The minimum absolute atomic E-state index is 0.0430. The summed E-state index contributed by atoms with van der Waals surface area (Å²) >= 11 is 0. The molecule has 0 aliphatic carbocycles. The Labute approximate surface area is 182 Å². The van der Waals surface area contributed by atoms with Gasteiger partial charge in [0.05, 0.1) is 18.2 Å². The number of carbonyl (C=O) groups is 3. The van der Waals surface area contributed by atoms with Gasteiger partial charge in [0.25, 0.3) is 0 Å². The van der Waals surface area contributed by atoms with Crippen LogP contribution in [-0.4, -0.2) is 53.9 Å². The lowest BCUT2D eigenvalue weighted by Crippen LogP contribution is -2.57. The van der Waals surface area contributed by atoms with Crippen LogP contribution in [0.15, 0.2) is 0 Å². The van der Waals surface area contributed by atoms with E-state index in [9.17, 15) is 19.5 Å². The van der Waals surface area contributed by atoms with Crippen LogP contribution in [0.5, 0.6) is 0 Å². The van der Waals surface area contributed by atoms with Crippen molar-refractivity contribution >= 4 is 18.0 Å². The molecular formula is C23H45N3O4. The smallest absolute Gasteiger partial charge is 0.237 e. The Kier molecular flexibility index (Phi) is 14.0. The summed E-state index contributed by atoms with van der Waals surface area (Å²) in [6.45, 7) is 14.3. The number of amides is 1. The van der Waals surface area contributed by atoms with E-state index in [4.69, 9.17) is 5.73 Å². The molecule has 5 atom stereocenters.